The number of nitrogens with two attached hydrogens (primary N) is 1. The summed E-state index contributed by atoms with van der Waals surface area (Å²) in [5.74, 6) is 2.58. The zero-order valence-corrected chi connectivity index (χ0v) is 67.8. The summed E-state index contributed by atoms with van der Waals surface area (Å²) in [6, 6.07) is 14.3. The molecule has 31 nitrogen and oxygen atoms in total. The normalized spacial score (nSPS) is 26.4. The van der Waals surface area contributed by atoms with E-state index in [4.69, 9.17) is 27.4 Å². The van der Waals surface area contributed by atoms with Crippen LogP contribution in [-0.2, 0) is 91.7 Å². The number of rotatable bonds is 22. The Hall–Kier alpha value is -2.81. The fourth-order valence-corrected chi connectivity index (χ4v) is 18.1. The fourth-order valence-electron chi connectivity index (χ4n) is 12.3. The molecule has 20 atom stereocenters. The molecule has 9 N–H and O–H groups in total. The molecule has 4 aliphatic carbocycles. The van der Waals surface area contributed by atoms with Crippen LogP contribution < -0.4 is 26.4 Å². The maximum absolute atomic E-state index is 11.6. The van der Waals surface area contributed by atoms with Crippen LogP contribution in [0.15, 0.2) is 77.9 Å². The molecule has 4 aliphatic rings. The van der Waals surface area contributed by atoms with E-state index in [0.29, 0.717) is 41.8 Å². The molecule has 43 heteroatoms. The molecule has 8 aromatic heterocycles. The molecule has 8 heterocycles. The summed E-state index contributed by atoms with van der Waals surface area (Å²) < 4.78 is 102. The molecule has 0 saturated heterocycles. The molecule has 98 heavy (non-hydrogen) atoms. The van der Waals surface area contributed by atoms with Crippen molar-refractivity contribution >= 4 is 144 Å². The van der Waals surface area contributed by atoms with Gasteiger partial charge in [0.15, 0.2) is 56.4 Å². The summed E-state index contributed by atoms with van der Waals surface area (Å²) in [4.78, 5) is 17.0. The van der Waals surface area contributed by atoms with Crippen molar-refractivity contribution in [3.05, 3.63) is 95.0 Å². The van der Waals surface area contributed by atoms with Gasteiger partial charge in [0.05, 0.1) is 94.9 Å². The van der Waals surface area contributed by atoms with E-state index in [2.05, 4.69) is 115 Å². The van der Waals surface area contributed by atoms with Crippen molar-refractivity contribution in [2.24, 2.45) is 28.8 Å². The van der Waals surface area contributed by atoms with Gasteiger partial charge in [-0.05, 0) is 86.6 Å². The average molecular weight is 1780 g/mol. The summed E-state index contributed by atoms with van der Waals surface area (Å²) in [5.41, 5.74) is 4.41. The van der Waals surface area contributed by atoms with Gasteiger partial charge in [-0.15, -0.1) is 0 Å². The second kappa shape index (κ2) is 41.6. The summed E-state index contributed by atoms with van der Waals surface area (Å²) in [7, 11) is 4.64. The number of halogens is 1. The zero-order chi connectivity index (χ0) is 70.0. The smallest absolute Gasteiger partial charge is 0.333 e. The number of aliphatic hydroxyl groups is 3. The number of nitrogens with zero attached hydrogens (tertiary/aromatic N) is 12. The molecular weight excluding hydrogens is 1700 g/mol. The van der Waals surface area contributed by atoms with Crippen molar-refractivity contribution in [1.29, 1.82) is 0 Å². The summed E-state index contributed by atoms with van der Waals surface area (Å²) in [6.45, 7) is 13.5. The number of aliphatic hydroxyl groups excluding tert-OH is 3. The van der Waals surface area contributed by atoms with Crippen molar-refractivity contribution < 1.29 is 105 Å². The van der Waals surface area contributed by atoms with Crippen LogP contribution in [0.2, 0.25) is 0 Å². The van der Waals surface area contributed by atoms with Crippen molar-refractivity contribution in [2.45, 2.75) is 145 Å². The van der Waals surface area contributed by atoms with Crippen LogP contribution in [0.25, 0.3) is 22.6 Å². The number of aromatic nitrogens is 12. The SMILES string of the molecule is CC.CC.Cc1cc2nccc(N[C@@H]3C[C@H](CO)[C@@H](P=O)[C@H]3OP)n2n1.Cc1cc2nccc(N[C@@H]3C[C@H](CO)[C@@H](P=O)[C@H]3OP)n2n1.Cc1cc2nccc(N[C@@H]3C[C@H](COS(N)(=O)=O)[C@@H](P=O)[C@H]3OP)n2n1.O=P[C@@H]1[C@@H](CO)C[C@@H](Nc2ccnc3cc(Br)nn23)[C@@H]1OP.[Pd].[Pd]. The minimum atomic E-state index is -4.06. The quantitative estimate of drug-likeness (QED) is 0.0233. The Bertz CT molecular complexity index is 3690. The van der Waals surface area contributed by atoms with Gasteiger partial charge >= 0.3 is 10.3 Å². The second-order valence-electron chi connectivity index (χ2n) is 22.3. The largest absolute Gasteiger partial charge is 0.396 e. The molecule has 544 valence electrons. The van der Waals surface area contributed by atoms with Crippen LogP contribution >= 0.6 is 87.6 Å². The van der Waals surface area contributed by atoms with Gasteiger partial charge < -0.3 is 54.7 Å². The van der Waals surface area contributed by atoms with E-state index in [9.17, 15) is 42.0 Å². The Balaban J connectivity index is 0.000000231. The van der Waals surface area contributed by atoms with Crippen molar-refractivity contribution in [2.75, 3.05) is 47.7 Å². The Kier molecular flexibility index (Phi) is 36.5. The maximum Gasteiger partial charge on any atom is 0.333 e. The van der Waals surface area contributed by atoms with Crippen molar-refractivity contribution in [3.63, 3.8) is 0 Å². The number of fused-ring (bicyclic) bond motifs is 4. The number of nitrogens with one attached hydrogen (secondary N) is 4. The summed E-state index contributed by atoms with van der Waals surface area (Å²) in [5, 5.41) is 64.4. The molecule has 0 radical (unpaired) electrons. The predicted molar refractivity (Wildman–Crippen MR) is 383 cm³/mol. The van der Waals surface area contributed by atoms with Gasteiger partial charge in [-0.2, -0.15) is 46.9 Å². The molecule has 4 fully saturated rings. The number of aryl methyl sites for hydroxylation is 3. The van der Waals surface area contributed by atoms with E-state index < -0.39 is 22.1 Å². The molecule has 4 unspecified atom stereocenters. The summed E-state index contributed by atoms with van der Waals surface area (Å²) in [6.07, 6.45) is 8.08. The Labute approximate surface area is 619 Å². The Morgan fingerprint density at radius 1 is 0.490 bits per heavy atom. The van der Waals surface area contributed by atoms with E-state index in [-0.39, 0.29) is 184 Å². The molecule has 12 rings (SSSR count). The molecule has 0 spiro atoms. The molecule has 0 amide bonds. The van der Waals surface area contributed by atoms with E-state index in [1.807, 2.05) is 90.9 Å². The zero-order valence-electron chi connectivity index (χ0n) is 54.1. The third kappa shape index (κ3) is 21.2. The predicted octanol–water partition coefficient (Wildman–Crippen LogP) is 8.39. The standard InChI is InChI=1S/C13H19N5O5P2S.2C13H18N4O3P2.C12H15BrN4O3P2.2C2H6.2Pd/c1-7-4-11-15-3-2-10(18(11)17-7)16-9-5-8(6-22-26(14,20)21)13(25-19)12(9)23-24;2*1-7-4-11-14-3-2-10(17(11)16-7)15-9-5-8(6-18)13(22-19)12(9)20-21;13-8-4-10-14-2-1-9(17(10)16-8)15-7-3-6(5-18)12(22-19)11(7)20-21;2*1-2;;/h2-4,8-9,12-13,16H,5-6,24H2,1H3,(H2,14,20,21);2*2-4,8-9,12-13,15,18H,5-6,21H2,1H3;1-2,4,6-7,11-12,15,18H,3,5,21H2;2*1-2H3;;/t3*8-,9-,12+,13-;6-,7-,11+,12-;;;;/m1111..../s1. The Morgan fingerprint density at radius 3 is 1.00 bits per heavy atom. The van der Waals surface area contributed by atoms with E-state index in [1.165, 1.54) is 0 Å². The maximum atomic E-state index is 11.6. The van der Waals surface area contributed by atoms with Gasteiger partial charge in [0.1, 0.15) is 27.9 Å². The van der Waals surface area contributed by atoms with Crippen molar-refractivity contribution in [1.82, 2.24) is 58.4 Å². The third-order valence-corrected chi connectivity index (χ3v) is 22.4. The molecular formula is C55H82BrN17O14P8Pd2S. The monoisotopic (exact) mass is 1780 g/mol. The van der Waals surface area contributed by atoms with Crippen LogP contribution in [0, 0.1) is 44.4 Å². The van der Waals surface area contributed by atoms with Gasteiger partial charge in [-0.25, -0.2) is 25.1 Å². The first-order valence-electron chi connectivity index (χ1n) is 30.6. The van der Waals surface area contributed by atoms with Crippen LogP contribution in [0.4, 0.5) is 23.3 Å². The third-order valence-electron chi connectivity index (χ3n) is 16.5. The van der Waals surface area contributed by atoms with Gasteiger partial charge in [0.25, 0.3) is 0 Å². The first-order chi connectivity index (χ1) is 46.3. The minimum Gasteiger partial charge on any atom is -0.396 e. The van der Waals surface area contributed by atoms with E-state index in [1.54, 1.807) is 48.9 Å². The number of anilines is 4. The average Bonchev–Trinajstić information content (AvgIpc) is 1.66. The van der Waals surface area contributed by atoms with Crippen molar-refractivity contribution in [3.8, 4) is 0 Å². The topological polar surface area (TPSA) is 404 Å². The van der Waals surface area contributed by atoms with Crippen LogP contribution in [0.3, 0.4) is 0 Å². The van der Waals surface area contributed by atoms with Gasteiger partial charge in [0, 0.05) is 171 Å². The second-order valence-corrected chi connectivity index (χ2v) is 28.7. The molecule has 4 saturated carbocycles. The van der Waals surface area contributed by atoms with E-state index in [0.717, 1.165) is 51.5 Å². The van der Waals surface area contributed by atoms with Gasteiger partial charge in [0.2, 0.25) is 0 Å². The van der Waals surface area contributed by atoms with Crippen LogP contribution in [0.5, 0.6) is 0 Å². The minimum absolute atomic E-state index is 0. The first kappa shape index (κ1) is 85.8. The van der Waals surface area contributed by atoms with E-state index >= 15 is 0 Å². The molecule has 0 bridgehead atoms. The molecule has 0 aliphatic heterocycles. The fraction of sp³-hybridized carbons (Fsp3) is 0.564. The van der Waals surface area contributed by atoms with Crippen LogP contribution in [-0.4, -0.2) is 180 Å². The van der Waals surface area contributed by atoms with Crippen LogP contribution in [0.1, 0.15) is 70.5 Å². The Morgan fingerprint density at radius 2 is 0.745 bits per heavy atom. The first-order valence-corrected chi connectivity index (χ1v) is 38.2. The summed E-state index contributed by atoms with van der Waals surface area (Å²) >= 11 is 3.34. The number of hydrogen-bond donors (Lipinski definition) is 8. The molecule has 8 aromatic rings. The number of hydrogen-bond acceptors (Lipinski definition) is 26. The van der Waals surface area contributed by atoms with Gasteiger partial charge in [-0.3, -0.25) is 22.4 Å². The van der Waals surface area contributed by atoms with Gasteiger partial charge in [-0.1, -0.05) is 27.7 Å². The molecule has 0 aromatic carbocycles.